The number of rotatable bonds is 7. The third kappa shape index (κ3) is 3.35. The molecule has 6 nitrogen and oxygen atoms in total. The molecule has 0 saturated heterocycles. The zero-order chi connectivity index (χ0) is 16.9. The molecule has 0 radical (unpaired) electrons. The van der Waals surface area contributed by atoms with Crippen molar-refractivity contribution in [3.05, 3.63) is 54.4 Å². The SMILES string of the molecule is C=CCn1c(SCc2cc(C)no2)nnc1-c1ccccc1OC. The van der Waals surface area contributed by atoms with E-state index >= 15 is 0 Å². The highest BCUT2D eigenvalue weighted by atomic mass is 32.2. The zero-order valence-electron chi connectivity index (χ0n) is 13.6. The molecule has 0 aliphatic rings. The largest absolute Gasteiger partial charge is 0.496 e. The number of hydrogen-bond donors (Lipinski definition) is 0. The summed E-state index contributed by atoms with van der Waals surface area (Å²) in [6.45, 7) is 6.34. The Kier molecular flexibility index (Phi) is 5.00. The second kappa shape index (κ2) is 7.35. The number of ether oxygens (including phenoxy) is 1. The predicted octanol–water partition coefficient (Wildman–Crippen LogP) is 3.73. The molecule has 0 amide bonds. The smallest absolute Gasteiger partial charge is 0.192 e. The summed E-state index contributed by atoms with van der Waals surface area (Å²) in [4.78, 5) is 0. The Morgan fingerprint density at radius 1 is 1.33 bits per heavy atom. The summed E-state index contributed by atoms with van der Waals surface area (Å²) < 4.78 is 12.7. The van der Waals surface area contributed by atoms with Gasteiger partial charge in [-0.25, -0.2) is 0 Å². The minimum Gasteiger partial charge on any atom is -0.496 e. The van der Waals surface area contributed by atoms with Gasteiger partial charge in [-0.2, -0.15) is 0 Å². The molecule has 0 bridgehead atoms. The molecular weight excluding hydrogens is 324 g/mol. The molecule has 2 aromatic heterocycles. The number of aryl methyl sites for hydroxylation is 1. The van der Waals surface area contributed by atoms with Crippen molar-refractivity contribution in [2.75, 3.05) is 7.11 Å². The van der Waals surface area contributed by atoms with Crippen LogP contribution in [0.4, 0.5) is 0 Å². The van der Waals surface area contributed by atoms with Gasteiger partial charge in [0.2, 0.25) is 0 Å². The van der Waals surface area contributed by atoms with E-state index in [0.29, 0.717) is 12.3 Å². The maximum Gasteiger partial charge on any atom is 0.192 e. The van der Waals surface area contributed by atoms with Gasteiger partial charge in [0.05, 0.1) is 24.1 Å². The lowest BCUT2D eigenvalue weighted by Crippen LogP contribution is -2.01. The fourth-order valence-electron chi connectivity index (χ4n) is 2.34. The predicted molar refractivity (Wildman–Crippen MR) is 93.0 cm³/mol. The summed E-state index contributed by atoms with van der Waals surface area (Å²) in [5, 5.41) is 13.4. The summed E-state index contributed by atoms with van der Waals surface area (Å²) in [7, 11) is 1.65. The Balaban J connectivity index is 1.91. The summed E-state index contributed by atoms with van der Waals surface area (Å²) in [5.41, 5.74) is 1.77. The fourth-order valence-corrected chi connectivity index (χ4v) is 3.16. The molecular formula is C17H18N4O2S. The quantitative estimate of drug-likeness (QED) is 0.481. The Morgan fingerprint density at radius 3 is 2.88 bits per heavy atom. The molecule has 0 spiro atoms. The number of methoxy groups -OCH3 is 1. The summed E-state index contributed by atoms with van der Waals surface area (Å²) >= 11 is 1.55. The monoisotopic (exact) mass is 342 g/mol. The highest BCUT2D eigenvalue weighted by Crippen LogP contribution is 2.31. The van der Waals surface area contributed by atoms with Crippen molar-refractivity contribution in [2.45, 2.75) is 24.4 Å². The highest BCUT2D eigenvalue weighted by molar-refractivity contribution is 7.98. The summed E-state index contributed by atoms with van der Waals surface area (Å²) in [5.74, 6) is 2.97. The fraction of sp³-hybridized carbons (Fsp3) is 0.235. The van der Waals surface area contributed by atoms with Gasteiger partial charge in [0.15, 0.2) is 11.0 Å². The van der Waals surface area contributed by atoms with Gasteiger partial charge in [-0.15, -0.1) is 16.8 Å². The number of aromatic nitrogens is 4. The molecule has 3 aromatic rings. The minimum absolute atomic E-state index is 0.609. The second-order valence-corrected chi connectivity index (χ2v) is 6.07. The number of para-hydroxylation sites is 1. The van der Waals surface area contributed by atoms with Crippen molar-refractivity contribution in [3.8, 4) is 17.1 Å². The van der Waals surface area contributed by atoms with Crippen LogP contribution in [0, 0.1) is 6.92 Å². The van der Waals surface area contributed by atoms with Gasteiger partial charge in [0.25, 0.3) is 0 Å². The Labute approximate surface area is 144 Å². The van der Waals surface area contributed by atoms with Crippen molar-refractivity contribution in [1.29, 1.82) is 0 Å². The lowest BCUT2D eigenvalue weighted by Gasteiger charge is -2.10. The van der Waals surface area contributed by atoms with Crippen molar-refractivity contribution in [3.63, 3.8) is 0 Å². The third-order valence-corrected chi connectivity index (χ3v) is 4.39. The van der Waals surface area contributed by atoms with Crippen molar-refractivity contribution in [1.82, 2.24) is 19.9 Å². The zero-order valence-corrected chi connectivity index (χ0v) is 14.4. The van der Waals surface area contributed by atoms with Crippen LogP contribution in [0.15, 0.2) is 52.7 Å². The molecule has 0 N–H and O–H groups in total. The maximum atomic E-state index is 5.44. The van der Waals surface area contributed by atoms with Gasteiger partial charge in [-0.3, -0.25) is 4.57 Å². The van der Waals surface area contributed by atoms with Gasteiger partial charge in [0, 0.05) is 12.6 Å². The van der Waals surface area contributed by atoms with Crippen molar-refractivity contribution >= 4 is 11.8 Å². The molecule has 24 heavy (non-hydrogen) atoms. The molecule has 2 heterocycles. The number of nitrogens with zero attached hydrogens (tertiary/aromatic N) is 4. The van der Waals surface area contributed by atoms with E-state index in [1.807, 2.05) is 47.9 Å². The van der Waals surface area contributed by atoms with E-state index in [4.69, 9.17) is 9.26 Å². The molecule has 7 heteroatoms. The second-order valence-electron chi connectivity index (χ2n) is 5.13. The van der Waals surface area contributed by atoms with Gasteiger partial charge >= 0.3 is 0 Å². The first kappa shape index (κ1) is 16.3. The van der Waals surface area contributed by atoms with E-state index in [2.05, 4.69) is 21.9 Å². The van der Waals surface area contributed by atoms with Gasteiger partial charge < -0.3 is 9.26 Å². The van der Waals surface area contributed by atoms with Crippen molar-refractivity contribution < 1.29 is 9.26 Å². The number of allylic oxidation sites excluding steroid dienone is 1. The average Bonchev–Trinajstić information content (AvgIpc) is 3.19. The van der Waals surface area contributed by atoms with Crippen LogP contribution in [0.1, 0.15) is 11.5 Å². The van der Waals surface area contributed by atoms with Crippen LogP contribution < -0.4 is 4.74 Å². The van der Waals surface area contributed by atoms with E-state index in [-0.39, 0.29) is 0 Å². The van der Waals surface area contributed by atoms with Crippen molar-refractivity contribution in [2.24, 2.45) is 0 Å². The maximum absolute atomic E-state index is 5.44. The average molecular weight is 342 g/mol. The number of hydrogen-bond acceptors (Lipinski definition) is 6. The first-order valence-corrected chi connectivity index (χ1v) is 8.44. The standard InChI is InChI=1S/C17H18N4O2S/c1-4-9-21-16(14-7-5-6-8-15(14)22-3)18-19-17(21)24-11-13-10-12(2)20-23-13/h4-8,10H,1,9,11H2,2-3H3. The topological polar surface area (TPSA) is 66.0 Å². The number of benzene rings is 1. The first-order valence-electron chi connectivity index (χ1n) is 7.45. The summed E-state index contributed by atoms with van der Waals surface area (Å²) in [6, 6.07) is 9.68. The van der Waals surface area contributed by atoms with E-state index in [1.54, 1.807) is 18.9 Å². The molecule has 1 aromatic carbocycles. The molecule has 0 saturated carbocycles. The van der Waals surface area contributed by atoms with Crippen LogP contribution in [0.2, 0.25) is 0 Å². The lowest BCUT2D eigenvalue weighted by atomic mass is 10.2. The Hall–Kier alpha value is -2.54. The lowest BCUT2D eigenvalue weighted by molar-refractivity contribution is 0.391. The van der Waals surface area contributed by atoms with Gasteiger partial charge in [-0.1, -0.05) is 35.1 Å². The molecule has 124 valence electrons. The van der Waals surface area contributed by atoms with Gasteiger partial charge in [0.1, 0.15) is 11.5 Å². The molecule has 0 atom stereocenters. The van der Waals surface area contributed by atoms with E-state index in [1.165, 1.54) is 0 Å². The normalized spacial score (nSPS) is 10.8. The van der Waals surface area contributed by atoms with Crippen LogP contribution in [0.5, 0.6) is 5.75 Å². The molecule has 0 unspecified atom stereocenters. The molecule has 0 aliphatic carbocycles. The van der Waals surface area contributed by atoms with E-state index in [9.17, 15) is 0 Å². The minimum atomic E-state index is 0.609. The molecule has 0 aliphatic heterocycles. The highest BCUT2D eigenvalue weighted by Gasteiger charge is 2.17. The van der Waals surface area contributed by atoms with Crippen LogP contribution >= 0.6 is 11.8 Å². The van der Waals surface area contributed by atoms with E-state index < -0.39 is 0 Å². The van der Waals surface area contributed by atoms with E-state index in [0.717, 1.165) is 33.7 Å². The van der Waals surface area contributed by atoms with Crippen LogP contribution in [0.25, 0.3) is 11.4 Å². The Morgan fingerprint density at radius 2 is 2.17 bits per heavy atom. The first-order chi connectivity index (χ1) is 11.7. The van der Waals surface area contributed by atoms with Gasteiger partial charge in [-0.05, 0) is 19.1 Å². The molecule has 3 rings (SSSR count). The summed E-state index contributed by atoms with van der Waals surface area (Å²) in [6.07, 6.45) is 1.82. The molecule has 0 fully saturated rings. The van der Waals surface area contributed by atoms with Crippen LogP contribution in [-0.2, 0) is 12.3 Å². The van der Waals surface area contributed by atoms with Crippen LogP contribution in [0.3, 0.4) is 0 Å². The number of thioether (sulfide) groups is 1. The third-order valence-electron chi connectivity index (χ3n) is 3.40. The Bertz CT molecular complexity index is 841. The van der Waals surface area contributed by atoms with Crippen LogP contribution in [-0.4, -0.2) is 27.0 Å².